The summed E-state index contributed by atoms with van der Waals surface area (Å²) in [7, 11) is 1.49. The molecule has 0 fully saturated rings. The van der Waals surface area contributed by atoms with Gasteiger partial charge in [-0.2, -0.15) is 0 Å². The van der Waals surface area contributed by atoms with Gasteiger partial charge < -0.3 is 24.4 Å². The van der Waals surface area contributed by atoms with Crippen molar-refractivity contribution in [3.05, 3.63) is 17.7 Å². The van der Waals surface area contributed by atoms with Crippen molar-refractivity contribution in [2.24, 2.45) is 0 Å². The minimum absolute atomic E-state index is 0.0993. The number of hydrogen-bond acceptors (Lipinski definition) is 5. The first-order valence-electron chi connectivity index (χ1n) is 5.49. The van der Waals surface area contributed by atoms with Gasteiger partial charge in [0.25, 0.3) is 0 Å². The van der Waals surface area contributed by atoms with E-state index >= 15 is 0 Å². The highest BCUT2D eigenvalue weighted by atomic mass is 16.7. The smallest absolute Gasteiger partial charge is 0.303 e. The van der Waals surface area contributed by atoms with Gasteiger partial charge >= 0.3 is 5.97 Å². The van der Waals surface area contributed by atoms with Crippen molar-refractivity contribution < 1.29 is 29.2 Å². The van der Waals surface area contributed by atoms with Crippen LogP contribution in [0.4, 0.5) is 0 Å². The lowest BCUT2D eigenvalue weighted by Gasteiger charge is -2.12. The summed E-state index contributed by atoms with van der Waals surface area (Å²) in [5.74, 6) is 0.529. The van der Waals surface area contributed by atoms with E-state index in [4.69, 9.17) is 19.3 Å². The van der Waals surface area contributed by atoms with E-state index in [1.807, 2.05) is 0 Å². The Morgan fingerprint density at radius 1 is 1.50 bits per heavy atom. The predicted molar refractivity (Wildman–Crippen MR) is 60.9 cm³/mol. The van der Waals surface area contributed by atoms with Crippen molar-refractivity contribution in [3.8, 4) is 17.2 Å². The Balaban J connectivity index is 2.20. The number of rotatable bonds is 5. The van der Waals surface area contributed by atoms with E-state index in [2.05, 4.69) is 0 Å². The average Bonchev–Trinajstić information content (AvgIpc) is 2.82. The third-order valence-corrected chi connectivity index (χ3v) is 2.70. The number of hydrogen-bond donors (Lipinski definition) is 2. The Morgan fingerprint density at radius 2 is 2.28 bits per heavy atom. The first-order chi connectivity index (χ1) is 8.61. The van der Waals surface area contributed by atoms with Crippen LogP contribution in [0.15, 0.2) is 12.1 Å². The van der Waals surface area contributed by atoms with E-state index in [9.17, 15) is 9.90 Å². The minimum Gasteiger partial charge on any atom is -0.493 e. The molecular weight excluding hydrogens is 240 g/mol. The summed E-state index contributed by atoms with van der Waals surface area (Å²) in [5, 5.41) is 18.5. The lowest BCUT2D eigenvalue weighted by molar-refractivity contribution is -0.137. The summed E-state index contributed by atoms with van der Waals surface area (Å²) in [6, 6.07) is 3.26. The highest BCUT2D eigenvalue weighted by molar-refractivity contribution is 5.66. The Morgan fingerprint density at radius 3 is 2.94 bits per heavy atom. The largest absolute Gasteiger partial charge is 0.493 e. The number of fused-ring (bicyclic) bond motifs is 1. The molecule has 0 saturated heterocycles. The Kier molecular flexibility index (Phi) is 3.57. The van der Waals surface area contributed by atoms with Crippen LogP contribution >= 0.6 is 0 Å². The summed E-state index contributed by atoms with van der Waals surface area (Å²) in [4.78, 5) is 10.5. The molecule has 0 bridgehead atoms. The molecule has 0 radical (unpaired) electrons. The summed E-state index contributed by atoms with van der Waals surface area (Å²) in [6.07, 6.45) is -0.833. The van der Waals surface area contributed by atoms with E-state index < -0.39 is 12.1 Å². The maximum absolute atomic E-state index is 10.5. The third-order valence-electron chi connectivity index (χ3n) is 2.70. The second kappa shape index (κ2) is 5.14. The van der Waals surface area contributed by atoms with Gasteiger partial charge in [-0.15, -0.1) is 0 Å². The van der Waals surface area contributed by atoms with Crippen LogP contribution < -0.4 is 14.2 Å². The molecule has 18 heavy (non-hydrogen) atoms. The molecule has 1 aromatic rings. The van der Waals surface area contributed by atoms with Crippen LogP contribution in [-0.2, 0) is 4.79 Å². The van der Waals surface area contributed by atoms with E-state index in [0.717, 1.165) is 0 Å². The first kappa shape index (κ1) is 12.5. The molecule has 0 aromatic heterocycles. The molecule has 0 saturated carbocycles. The standard InChI is InChI=1S/C12H14O6/c1-16-9-4-7(8(13)2-3-11(14)15)5-10-12(9)18-6-17-10/h4-5,8,13H,2-3,6H2,1H3,(H,14,15). The zero-order valence-corrected chi connectivity index (χ0v) is 9.88. The van der Waals surface area contributed by atoms with Crippen molar-refractivity contribution in [1.82, 2.24) is 0 Å². The number of methoxy groups -OCH3 is 1. The Bertz CT molecular complexity index is 456. The quantitative estimate of drug-likeness (QED) is 0.824. The van der Waals surface area contributed by atoms with Crippen molar-refractivity contribution >= 4 is 5.97 Å². The van der Waals surface area contributed by atoms with Crippen molar-refractivity contribution in [2.45, 2.75) is 18.9 Å². The number of aliphatic hydroxyl groups is 1. The van der Waals surface area contributed by atoms with E-state index in [1.54, 1.807) is 12.1 Å². The molecule has 1 heterocycles. The fourth-order valence-electron chi connectivity index (χ4n) is 1.77. The van der Waals surface area contributed by atoms with Gasteiger partial charge in [0.1, 0.15) is 0 Å². The van der Waals surface area contributed by atoms with Gasteiger partial charge in [-0.25, -0.2) is 0 Å². The zero-order chi connectivity index (χ0) is 13.1. The molecule has 1 aliphatic rings. The number of carboxylic acids is 1. The van der Waals surface area contributed by atoms with Crippen LogP contribution in [0.25, 0.3) is 0 Å². The number of benzene rings is 1. The first-order valence-corrected chi connectivity index (χ1v) is 5.49. The SMILES string of the molecule is COc1cc(C(O)CCC(=O)O)cc2c1OCO2. The van der Waals surface area contributed by atoms with Crippen LogP contribution in [0, 0.1) is 0 Å². The van der Waals surface area contributed by atoms with Crippen LogP contribution in [0.3, 0.4) is 0 Å². The van der Waals surface area contributed by atoms with Gasteiger partial charge in [0, 0.05) is 6.42 Å². The number of ether oxygens (including phenoxy) is 3. The van der Waals surface area contributed by atoms with E-state index in [0.29, 0.717) is 22.8 Å². The van der Waals surface area contributed by atoms with Crippen LogP contribution in [0.5, 0.6) is 17.2 Å². The lowest BCUT2D eigenvalue weighted by Crippen LogP contribution is -2.03. The van der Waals surface area contributed by atoms with Gasteiger partial charge in [0.05, 0.1) is 13.2 Å². The number of carbonyl (C=O) groups is 1. The minimum atomic E-state index is -0.943. The van der Waals surface area contributed by atoms with Crippen LogP contribution in [0.2, 0.25) is 0 Å². The molecular formula is C12H14O6. The second-order valence-corrected chi connectivity index (χ2v) is 3.91. The molecule has 1 unspecified atom stereocenters. The summed E-state index contributed by atoms with van der Waals surface area (Å²) in [6.45, 7) is 0.111. The Hall–Kier alpha value is -1.95. The topological polar surface area (TPSA) is 85.2 Å². The molecule has 1 aromatic carbocycles. The predicted octanol–water partition coefficient (Wildman–Crippen LogP) is 1.32. The highest BCUT2D eigenvalue weighted by Gasteiger charge is 2.22. The summed E-state index contributed by atoms with van der Waals surface area (Å²) >= 11 is 0. The fraction of sp³-hybridized carbons (Fsp3) is 0.417. The maximum Gasteiger partial charge on any atom is 0.303 e. The summed E-state index contributed by atoms with van der Waals surface area (Å²) in [5.41, 5.74) is 0.553. The van der Waals surface area contributed by atoms with Gasteiger partial charge in [-0.1, -0.05) is 0 Å². The molecule has 98 valence electrons. The third kappa shape index (κ3) is 2.48. The lowest BCUT2D eigenvalue weighted by atomic mass is 10.0. The molecule has 2 N–H and O–H groups in total. The van der Waals surface area contributed by atoms with Crippen molar-refractivity contribution in [3.63, 3.8) is 0 Å². The molecule has 0 spiro atoms. The number of aliphatic carboxylic acids is 1. The molecule has 1 aliphatic heterocycles. The fourth-order valence-corrected chi connectivity index (χ4v) is 1.77. The second-order valence-electron chi connectivity index (χ2n) is 3.91. The van der Waals surface area contributed by atoms with Crippen molar-refractivity contribution in [2.75, 3.05) is 13.9 Å². The maximum atomic E-state index is 10.5. The zero-order valence-electron chi connectivity index (χ0n) is 9.88. The highest BCUT2D eigenvalue weighted by Crippen LogP contribution is 2.43. The Labute approximate surface area is 104 Å². The number of aliphatic hydroxyl groups excluding tert-OH is 1. The molecule has 6 nitrogen and oxygen atoms in total. The van der Waals surface area contributed by atoms with Gasteiger partial charge in [-0.3, -0.25) is 4.79 Å². The number of carboxylic acid groups (broad SMARTS) is 1. The monoisotopic (exact) mass is 254 g/mol. The molecule has 2 rings (SSSR count). The molecule has 0 amide bonds. The van der Waals surface area contributed by atoms with Gasteiger partial charge in [0.15, 0.2) is 11.5 Å². The van der Waals surface area contributed by atoms with E-state index in [-0.39, 0.29) is 19.6 Å². The van der Waals surface area contributed by atoms with Crippen LogP contribution in [0.1, 0.15) is 24.5 Å². The molecule has 6 heteroatoms. The summed E-state index contributed by atoms with van der Waals surface area (Å²) < 4.78 is 15.6. The van der Waals surface area contributed by atoms with E-state index in [1.165, 1.54) is 7.11 Å². The van der Waals surface area contributed by atoms with Crippen molar-refractivity contribution in [1.29, 1.82) is 0 Å². The van der Waals surface area contributed by atoms with Gasteiger partial charge in [0.2, 0.25) is 12.5 Å². The molecule has 1 atom stereocenters. The normalized spacial score (nSPS) is 14.3. The van der Waals surface area contributed by atoms with Crippen LogP contribution in [-0.4, -0.2) is 30.1 Å². The molecule has 0 aliphatic carbocycles. The average molecular weight is 254 g/mol. The van der Waals surface area contributed by atoms with Gasteiger partial charge in [-0.05, 0) is 24.1 Å².